The van der Waals surface area contributed by atoms with Crippen LogP contribution in [0.4, 0.5) is 0 Å². The Morgan fingerprint density at radius 2 is 0.879 bits per heavy atom. The third-order valence-corrected chi connectivity index (χ3v) is 11.8. The molecule has 1 aliphatic carbocycles. The van der Waals surface area contributed by atoms with E-state index in [2.05, 4.69) is 26.0 Å². The molecule has 0 radical (unpaired) electrons. The van der Waals surface area contributed by atoms with Crippen molar-refractivity contribution < 1.29 is 63.1 Å². The van der Waals surface area contributed by atoms with Crippen LogP contribution in [0.1, 0.15) is 200 Å². The van der Waals surface area contributed by atoms with Gasteiger partial charge in [-0.2, -0.15) is 0 Å². The maximum absolute atomic E-state index is 12.8. The monoisotopic (exact) mass is 851 g/mol. The number of rotatable bonds is 38. The molecule has 0 aromatic carbocycles. The van der Waals surface area contributed by atoms with Crippen molar-refractivity contribution in [2.75, 3.05) is 13.2 Å². The first-order chi connectivity index (χ1) is 27.9. The molecule has 1 aliphatic rings. The van der Waals surface area contributed by atoms with Gasteiger partial charge >= 0.3 is 19.8 Å². The fraction of sp³-hybridized carbons (Fsp3) is 0.909. The summed E-state index contributed by atoms with van der Waals surface area (Å²) in [4.78, 5) is 35.6. The molecule has 0 spiro atoms. The molecule has 14 heteroatoms. The van der Waals surface area contributed by atoms with Gasteiger partial charge in [0.05, 0.1) is 6.61 Å². The summed E-state index contributed by atoms with van der Waals surface area (Å²) in [6.45, 7) is 3.29. The smallest absolute Gasteiger partial charge is 0.462 e. The Morgan fingerprint density at radius 1 is 0.517 bits per heavy atom. The lowest BCUT2D eigenvalue weighted by atomic mass is 9.85. The van der Waals surface area contributed by atoms with E-state index in [1.54, 1.807) is 0 Å². The summed E-state index contributed by atoms with van der Waals surface area (Å²) < 4.78 is 33.5. The van der Waals surface area contributed by atoms with E-state index in [9.17, 15) is 44.6 Å². The summed E-state index contributed by atoms with van der Waals surface area (Å²) in [5, 5.41) is 50.1. The number of carbonyl (C=O) groups is 2. The van der Waals surface area contributed by atoms with Crippen molar-refractivity contribution in [3.05, 3.63) is 12.2 Å². The largest absolute Gasteiger partial charge is 0.472 e. The van der Waals surface area contributed by atoms with Gasteiger partial charge in [0.25, 0.3) is 0 Å². The van der Waals surface area contributed by atoms with Crippen molar-refractivity contribution in [2.45, 2.75) is 243 Å². The van der Waals surface area contributed by atoms with Crippen molar-refractivity contribution in [3.63, 3.8) is 0 Å². The van der Waals surface area contributed by atoms with Crippen molar-refractivity contribution in [3.8, 4) is 0 Å². The molecule has 0 aliphatic heterocycles. The zero-order chi connectivity index (χ0) is 42.9. The normalized spacial score (nSPS) is 22.6. The van der Waals surface area contributed by atoms with E-state index >= 15 is 0 Å². The molecule has 0 saturated heterocycles. The van der Waals surface area contributed by atoms with Crippen LogP contribution in [0.15, 0.2) is 12.2 Å². The van der Waals surface area contributed by atoms with Gasteiger partial charge in [-0.05, 0) is 38.5 Å². The summed E-state index contributed by atoms with van der Waals surface area (Å²) >= 11 is 0. The van der Waals surface area contributed by atoms with Gasteiger partial charge in [-0.15, -0.1) is 0 Å². The minimum Gasteiger partial charge on any atom is -0.462 e. The topological polar surface area (TPSA) is 210 Å². The molecule has 1 fully saturated rings. The number of allylic oxidation sites excluding steroid dienone is 2. The third kappa shape index (κ3) is 27.4. The lowest BCUT2D eigenvalue weighted by molar-refractivity contribution is -0.220. The third-order valence-electron chi connectivity index (χ3n) is 10.9. The Morgan fingerprint density at radius 3 is 1.31 bits per heavy atom. The first-order valence-corrected chi connectivity index (χ1v) is 24.5. The van der Waals surface area contributed by atoms with Gasteiger partial charge in [0.15, 0.2) is 6.10 Å². The Hall–Kier alpha value is -1.41. The number of phosphoric ester groups is 1. The van der Waals surface area contributed by atoms with Crippen LogP contribution in [0.25, 0.3) is 0 Å². The fourth-order valence-corrected chi connectivity index (χ4v) is 8.08. The van der Waals surface area contributed by atoms with Gasteiger partial charge in [-0.25, -0.2) is 4.57 Å². The summed E-state index contributed by atoms with van der Waals surface area (Å²) in [6.07, 6.45) is 22.7. The Labute approximate surface area is 350 Å². The van der Waals surface area contributed by atoms with E-state index in [1.165, 1.54) is 96.3 Å². The number of phosphoric acid groups is 1. The molecule has 1 saturated carbocycles. The van der Waals surface area contributed by atoms with E-state index in [0.29, 0.717) is 12.8 Å². The van der Waals surface area contributed by atoms with Crippen LogP contribution < -0.4 is 0 Å². The maximum atomic E-state index is 12.8. The number of hydrogen-bond acceptors (Lipinski definition) is 12. The number of aliphatic hydroxyl groups excluding tert-OH is 5. The van der Waals surface area contributed by atoms with Crippen LogP contribution in [-0.4, -0.2) is 98.3 Å². The first kappa shape index (κ1) is 54.6. The quantitative estimate of drug-likeness (QED) is 0.0149. The number of carbonyl (C=O) groups excluding carboxylic acids is 2. The summed E-state index contributed by atoms with van der Waals surface area (Å²) in [5.41, 5.74) is 0. The average Bonchev–Trinajstić information content (AvgIpc) is 3.20. The van der Waals surface area contributed by atoms with E-state index in [0.717, 1.165) is 64.2 Å². The van der Waals surface area contributed by atoms with Crippen molar-refractivity contribution >= 4 is 19.8 Å². The number of hydrogen-bond donors (Lipinski definition) is 6. The number of esters is 2. The first-order valence-electron chi connectivity index (χ1n) is 23.0. The van der Waals surface area contributed by atoms with Crippen LogP contribution in [0.3, 0.4) is 0 Å². The lowest BCUT2D eigenvalue weighted by Crippen LogP contribution is -2.64. The van der Waals surface area contributed by atoms with Crippen LogP contribution in [0.2, 0.25) is 0 Å². The minimum absolute atomic E-state index is 0.100. The molecule has 0 heterocycles. The van der Waals surface area contributed by atoms with Gasteiger partial charge in [-0.3, -0.25) is 18.6 Å². The highest BCUT2D eigenvalue weighted by Gasteiger charge is 2.51. The number of unbranched alkanes of at least 4 members (excludes halogenated alkanes) is 24. The fourth-order valence-electron chi connectivity index (χ4n) is 7.11. The van der Waals surface area contributed by atoms with E-state index in [-0.39, 0.29) is 12.8 Å². The van der Waals surface area contributed by atoms with Crippen molar-refractivity contribution in [1.82, 2.24) is 0 Å². The molecule has 13 nitrogen and oxygen atoms in total. The molecule has 58 heavy (non-hydrogen) atoms. The number of aliphatic hydroxyl groups is 5. The average molecular weight is 851 g/mol. The van der Waals surface area contributed by atoms with E-state index in [4.69, 9.17) is 18.5 Å². The zero-order valence-electron chi connectivity index (χ0n) is 36.1. The Bertz CT molecular complexity index is 1080. The van der Waals surface area contributed by atoms with E-state index in [1.807, 2.05) is 0 Å². The second-order valence-corrected chi connectivity index (χ2v) is 17.7. The molecule has 342 valence electrons. The van der Waals surface area contributed by atoms with E-state index < -0.39 is 75.7 Å². The van der Waals surface area contributed by atoms with Gasteiger partial charge < -0.3 is 39.9 Å². The van der Waals surface area contributed by atoms with Gasteiger partial charge in [0.1, 0.15) is 43.2 Å². The summed E-state index contributed by atoms with van der Waals surface area (Å²) in [5.74, 6) is -1.10. The molecule has 0 aromatic heterocycles. The summed E-state index contributed by atoms with van der Waals surface area (Å²) in [7, 11) is -5.11. The zero-order valence-corrected chi connectivity index (χ0v) is 37.0. The number of ether oxygens (including phenoxy) is 2. The predicted molar refractivity (Wildman–Crippen MR) is 226 cm³/mol. The predicted octanol–water partition coefficient (Wildman–Crippen LogP) is 8.67. The van der Waals surface area contributed by atoms with Crippen molar-refractivity contribution in [2.24, 2.45) is 0 Å². The molecule has 6 N–H and O–H groups in total. The Kier molecular flexibility index (Phi) is 33.2. The highest BCUT2D eigenvalue weighted by molar-refractivity contribution is 7.47. The molecular formula is C44H83O13P. The second-order valence-electron chi connectivity index (χ2n) is 16.3. The SMILES string of the molecule is CCCCCCCCC/C=C\CCCCCCCC(=O)OC[C@H](COP(=O)(O)OC1C(O)C(O)C(O)[C@@H](O)C1O)OC(=O)CCCCCCCCCCCCCCC. The molecule has 0 aromatic rings. The molecule has 6 unspecified atom stereocenters. The van der Waals surface area contributed by atoms with Gasteiger partial charge in [0.2, 0.25) is 0 Å². The van der Waals surface area contributed by atoms with Crippen LogP contribution in [0.5, 0.6) is 0 Å². The highest BCUT2D eigenvalue weighted by atomic mass is 31.2. The summed E-state index contributed by atoms with van der Waals surface area (Å²) in [6, 6.07) is 0. The molecule has 8 atom stereocenters. The minimum atomic E-state index is -5.11. The van der Waals surface area contributed by atoms with Gasteiger partial charge in [0, 0.05) is 12.8 Å². The van der Waals surface area contributed by atoms with Crippen LogP contribution in [-0.2, 0) is 32.7 Å². The highest BCUT2D eigenvalue weighted by Crippen LogP contribution is 2.47. The second kappa shape index (κ2) is 35.2. The molecule has 1 rings (SSSR count). The van der Waals surface area contributed by atoms with Crippen molar-refractivity contribution in [1.29, 1.82) is 0 Å². The maximum Gasteiger partial charge on any atom is 0.472 e. The molecule has 0 amide bonds. The van der Waals surface area contributed by atoms with Crippen LogP contribution in [0, 0.1) is 0 Å². The molecular weight excluding hydrogens is 767 g/mol. The lowest BCUT2D eigenvalue weighted by Gasteiger charge is -2.41. The molecule has 0 bridgehead atoms. The standard InChI is InChI=1S/C44H83O13P/c1-3-5-7-9-11-13-15-17-18-19-21-22-24-26-28-30-32-37(45)54-34-36(35-55-58(52,53)57-44-42(50)40(48)39(47)41(49)43(44)51)56-38(46)33-31-29-27-25-23-20-16-14-12-10-8-6-4-2/h18-19,36,39-44,47-51H,3-17,20-35H2,1-2H3,(H,52,53)/b19-18-/t36-,39?,40-,41?,42?,43?,44?/m1/s1. The van der Waals surface area contributed by atoms with Crippen LogP contribution >= 0.6 is 7.82 Å². The Balaban J connectivity index is 2.46. The van der Waals surface area contributed by atoms with Gasteiger partial charge in [-0.1, -0.05) is 161 Å².